The van der Waals surface area contributed by atoms with Gasteiger partial charge in [-0.1, -0.05) is 0 Å². The first-order valence-electron chi connectivity index (χ1n) is 7.30. The van der Waals surface area contributed by atoms with Crippen molar-refractivity contribution >= 4 is 39.8 Å². The van der Waals surface area contributed by atoms with E-state index in [9.17, 15) is 60.7 Å². The number of nitro benzene ring substituents is 6. The second kappa shape index (κ2) is 7.57. The van der Waals surface area contributed by atoms with Gasteiger partial charge in [0, 0.05) is 0 Å². The van der Waals surface area contributed by atoms with E-state index in [1.165, 1.54) is 0 Å². The van der Waals surface area contributed by atoms with Crippen LogP contribution in [0.25, 0.3) is 11.1 Å². The number of hydrogen-bond acceptors (Lipinski definition) is 13. The average molecular weight is 439 g/mol. The van der Waals surface area contributed by atoms with Gasteiger partial charge in [-0.05, 0) is 0 Å². The highest BCUT2D eigenvalue weighted by molar-refractivity contribution is 5.99. The quantitative estimate of drug-likeness (QED) is 0.368. The van der Waals surface area contributed by atoms with Crippen LogP contribution in [0.15, 0.2) is 18.2 Å². The number of anilines is 1. The molecule has 0 fully saturated rings. The van der Waals surface area contributed by atoms with Gasteiger partial charge in [0.05, 0.1) is 47.7 Å². The van der Waals surface area contributed by atoms with Crippen molar-refractivity contribution in [3.63, 3.8) is 0 Å². The Morgan fingerprint density at radius 2 is 0.903 bits per heavy atom. The van der Waals surface area contributed by atoms with Crippen molar-refractivity contribution in [2.24, 2.45) is 0 Å². The molecule has 2 N–H and O–H groups in total. The molecule has 2 aromatic rings. The Morgan fingerprint density at radius 3 is 1.23 bits per heavy atom. The number of nitrogens with two attached hydrogens (primary N) is 1. The Morgan fingerprint density at radius 1 is 0.516 bits per heavy atom. The minimum atomic E-state index is -1.60. The van der Waals surface area contributed by atoms with Crippen LogP contribution in [0.5, 0.6) is 0 Å². The van der Waals surface area contributed by atoms with Gasteiger partial charge < -0.3 is 5.73 Å². The third-order valence-electron chi connectivity index (χ3n) is 3.81. The fourth-order valence-electron chi connectivity index (χ4n) is 2.63. The summed E-state index contributed by atoms with van der Waals surface area (Å²) in [6, 6.07) is 0.507. The Balaban J connectivity index is 3.29. The van der Waals surface area contributed by atoms with E-state index in [2.05, 4.69) is 0 Å². The summed E-state index contributed by atoms with van der Waals surface area (Å²) in [5, 5.41) is 67.9. The minimum Gasteiger partial charge on any atom is -0.387 e. The molecule has 31 heavy (non-hydrogen) atoms. The van der Waals surface area contributed by atoms with Crippen LogP contribution in [-0.4, -0.2) is 29.5 Å². The van der Waals surface area contributed by atoms with E-state index in [0.717, 1.165) is 0 Å². The topological polar surface area (TPSA) is 285 Å². The monoisotopic (exact) mass is 439 g/mol. The normalized spacial score (nSPS) is 10.3. The summed E-state index contributed by atoms with van der Waals surface area (Å²) in [5.41, 5.74) is -7.18. The van der Waals surface area contributed by atoms with Crippen LogP contribution < -0.4 is 5.73 Å². The molecule has 0 radical (unpaired) electrons. The molecule has 2 rings (SSSR count). The highest BCUT2D eigenvalue weighted by Crippen LogP contribution is 2.52. The van der Waals surface area contributed by atoms with Gasteiger partial charge >= 0.3 is 11.4 Å². The fraction of sp³-hybridized carbons (Fsp3) is 0. The van der Waals surface area contributed by atoms with Crippen LogP contribution in [0, 0.1) is 60.7 Å². The van der Waals surface area contributed by atoms with E-state index < -0.39 is 80.5 Å². The van der Waals surface area contributed by atoms with E-state index in [0.29, 0.717) is 0 Å². The summed E-state index contributed by atoms with van der Waals surface area (Å²) in [6.45, 7) is 0. The second-order valence-corrected chi connectivity index (χ2v) is 5.45. The summed E-state index contributed by atoms with van der Waals surface area (Å²) in [6.07, 6.45) is 0. The molecule has 0 bridgehead atoms. The standard InChI is InChI=1S/C12H5N7O12/c13-11-8(18(28)29)3-7(17(26)27)10(12(11)19(30)31)9-5(15(22)23)1-4(14(20)21)2-6(9)16(24)25/h1-3H,13H2. The van der Waals surface area contributed by atoms with Crippen molar-refractivity contribution in [2.45, 2.75) is 0 Å². The summed E-state index contributed by atoms with van der Waals surface area (Å²) in [5.74, 6) is 0. The Bertz CT molecular complexity index is 1190. The number of nitrogens with zero attached hydrogens (tertiary/aromatic N) is 6. The third kappa shape index (κ3) is 3.67. The first kappa shape index (κ1) is 21.9. The molecular formula is C12H5N7O12. The number of benzene rings is 2. The molecule has 0 aromatic heterocycles. The lowest BCUT2D eigenvalue weighted by Crippen LogP contribution is -2.08. The molecular weight excluding hydrogens is 434 g/mol. The van der Waals surface area contributed by atoms with Gasteiger partial charge in [0.1, 0.15) is 0 Å². The third-order valence-corrected chi connectivity index (χ3v) is 3.81. The van der Waals surface area contributed by atoms with Gasteiger partial charge in [-0.15, -0.1) is 0 Å². The molecule has 0 amide bonds. The van der Waals surface area contributed by atoms with Crippen LogP contribution in [0.2, 0.25) is 0 Å². The molecule has 0 aliphatic carbocycles. The smallest absolute Gasteiger partial charge is 0.314 e. The Labute approximate surface area is 166 Å². The summed E-state index contributed by atoms with van der Waals surface area (Å²) in [4.78, 5) is 59.7. The summed E-state index contributed by atoms with van der Waals surface area (Å²) in [7, 11) is 0. The predicted molar refractivity (Wildman–Crippen MR) is 96.2 cm³/mol. The van der Waals surface area contributed by atoms with Crippen molar-refractivity contribution in [1.29, 1.82) is 0 Å². The molecule has 19 heteroatoms. The first-order valence-corrected chi connectivity index (χ1v) is 7.30. The number of nitrogen functional groups attached to an aromatic ring is 1. The lowest BCUT2D eigenvalue weighted by molar-refractivity contribution is -0.404. The Hall–Kier alpha value is -5.36. The Kier molecular flexibility index (Phi) is 5.36. The zero-order chi connectivity index (χ0) is 23.8. The highest BCUT2D eigenvalue weighted by atomic mass is 16.6. The number of non-ortho nitro benzene ring substituents is 1. The summed E-state index contributed by atoms with van der Waals surface area (Å²) < 4.78 is 0. The maximum absolute atomic E-state index is 11.5. The van der Waals surface area contributed by atoms with Crippen LogP contribution in [0.1, 0.15) is 0 Å². The molecule has 0 saturated heterocycles. The van der Waals surface area contributed by atoms with E-state index in [1.807, 2.05) is 0 Å². The van der Waals surface area contributed by atoms with E-state index in [4.69, 9.17) is 5.73 Å². The van der Waals surface area contributed by atoms with Crippen molar-refractivity contribution in [1.82, 2.24) is 0 Å². The zero-order valence-electron chi connectivity index (χ0n) is 14.4. The lowest BCUT2D eigenvalue weighted by atomic mass is 9.95. The highest BCUT2D eigenvalue weighted by Gasteiger charge is 2.43. The maximum Gasteiger partial charge on any atom is 0.314 e. The zero-order valence-corrected chi connectivity index (χ0v) is 14.4. The fourth-order valence-corrected chi connectivity index (χ4v) is 2.63. The van der Waals surface area contributed by atoms with Gasteiger partial charge in [-0.25, -0.2) is 0 Å². The van der Waals surface area contributed by atoms with E-state index >= 15 is 0 Å². The van der Waals surface area contributed by atoms with Gasteiger partial charge in [0.2, 0.25) is 0 Å². The van der Waals surface area contributed by atoms with Crippen molar-refractivity contribution in [3.8, 4) is 11.1 Å². The molecule has 19 nitrogen and oxygen atoms in total. The molecule has 0 aliphatic heterocycles. The number of nitro groups is 6. The lowest BCUT2D eigenvalue weighted by Gasteiger charge is -2.09. The van der Waals surface area contributed by atoms with Gasteiger partial charge in [-0.3, -0.25) is 60.7 Å². The molecule has 2 aromatic carbocycles. The predicted octanol–water partition coefficient (Wildman–Crippen LogP) is 2.39. The van der Waals surface area contributed by atoms with Crippen molar-refractivity contribution in [2.75, 3.05) is 5.73 Å². The first-order chi connectivity index (χ1) is 14.3. The van der Waals surface area contributed by atoms with E-state index in [1.54, 1.807) is 0 Å². The second-order valence-electron chi connectivity index (χ2n) is 5.45. The molecule has 0 atom stereocenters. The molecule has 160 valence electrons. The van der Waals surface area contributed by atoms with E-state index in [-0.39, 0.29) is 18.2 Å². The molecule has 0 heterocycles. The largest absolute Gasteiger partial charge is 0.387 e. The van der Waals surface area contributed by atoms with Crippen LogP contribution >= 0.6 is 0 Å². The summed E-state index contributed by atoms with van der Waals surface area (Å²) >= 11 is 0. The molecule has 0 spiro atoms. The number of rotatable bonds is 7. The molecule has 0 aliphatic rings. The minimum absolute atomic E-state index is 0.131. The van der Waals surface area contributed by atoms with Crippen LogP contribution in [0.3, 0.4) is 0 Å². The van der Waals surface area contributed by atoms with Crippen LogP contribution in [0.4, 0.5) is 39.8 Å². The average Bonchev–Trinajstić information content (AvgIpc) is 2.65. The van der Waals surface area contributed by atoms with Crippen molar-refractivity contribution < 1.29 is 29.5 Å². The number of hydrogen-bond donors (Lipinski definition) is 1. The van der Waals surface area contributed by atoms with Crippen LogP contribution in [-0.2, 0) is 0 Å². The van der Waals surface area contributed by atoms with Crippen molar-refractivity contribution in [3.05, 3.63) is 78.9 Å². The SMILES string of the molecule is Nc1c([N+](=O)[O-])cc([N+](=O)[O-])c(-c2c([N+](=O)[O-])cc([N+](=O)[O-])cc2[N+](=O)[O-])c1[N+](=O)[O-]. The van der Waals surface area contributed by atoms with Gasteiger partial charge in [-0.2, -0.15) is 0 Å². The maximum atomic E-state index is 11.5. The van der Waals surface area contributed by atoms with Gasteiger partial charge in [0.25, 0.3) is 22.7 Å². The molecule has 0 unspecified atom stereocenters. The molecule has 0 saturated carbocycles. The van der Waals surface area contributed by atoms with Gasteiger partial charge in [0.15, 0.2) is 16.8 Å².